The topological polar surface area (TPSA) is 20.2 Å². The van der Waals surface area contributed by atoms with Crippen LogP contribution in [0.25, 0.3) is 11.1 Å². The first-order valence-corrected chi connectivity index (χ1v) is 5.45. The summed E-state index contributed by atoms with van der Waals surface area (Å²) in [6, 6.07) is 12.2. The van der Waals surface area contributed by atoms with Gasteiger partial charge in [-0.25, -0.2) is 0 Å². The Balaban J connectivity index is 2.56. The molecular weight excluding hydrogens is 196 g/mol. The zero-order valence-electron chi connectivity index (χ0n) is 9.91. The maximum atomic E-state index is 9.74. The van der Waals surface area contributed by atoms with Crippen molar-refractivity contribution in [2.45, 2.75) is 20.8 Å². The molecule has 1 heteroatoms. The van der Waals surface area contributed by atoms with E-state index in [1.54, 1.807) is 0 Å². The van der Waals surface area contributed by atoms with Gasteiger partial charge in [0.25, 0.3) is 0 Å². The average Bonchev–Trinajstić information content (AvgIpc) is 2.25. The average molecular weight is 212 g/mol. The lowest BCUT2D eigenvalue weighted by atomic mass is 9.97. The molecule has 0 bridgehead atoms. The summed E-state index contributed by atoms with van der Waals surface area (Å²) in [6.07, 6.45) is 0. The van der Waals surface area contributed by atoms with Crippen LogP contribution in [0.3, 0.4) is 0 Å². The molecule has 0 heterocycles. The lowest BCUT2D eigenvalue weighted by molar-refractivity contribution is 0.471. The van der Waals surface area contributed by atoms with Crippen LogP contribution in [0.4, 0.5) is 0 Å². The van der Waals surface area contributed by atoms with Gasteiger partial charge in [-0.2, -0.15) is 0 Å². The molecule has 2 aromatic carbocycles. The number of hydrogen-bond acceptors (Lipinski definition) is 1. The molecule has 2 aromatic rings. The number of aryl methyl sites for hydroxylation is 3. The summed E-state index contributed by atoms with van der Waals surface area (Å²) < 4.78 is 0. The summed E-state index contributed by atoms with van der Waals surface area (Å²) in [5.41, 5.74) is 5.62. The van der Waals surface area contributed by atoms with Crippen molar-refractivity contribution in [1.82, 2.24) is 0 Å². The molecule has 0 saturated carbocycles. The van der Waals surface area contributed by atoms with E-state index >= 15 is 0 Å². The van der Waals surface area contributed by atoms with Crippen molar-refractivity contribution in [3.63, 3.8) is 0 Å². The van der Waals surface area contributed by atoms with E-state index in [-0.39, 0.29) is 0 Å². The summed E-state index contributed by atoms with van der Waals surface area (Å²) in [6.45, 7) is 6.06. The minimum atomic E-state index is 0.362. The predicted octanol–water partition coefficient (Wildman–Crippen LogP) is 3.98. The Hall–Kier alpha value is -1.76. The third kappa shape index (κ3) is 1.94. The molecule has 16 heavy (non-hydrogen) atoms. The number of benzene rings is 2. The van der Waals surface area contributed by atoms with Gasteiger partial charge in [-0.1, -0.05) is 35.9 Å². The summed E-state index contributed by atoms with van der Waals surface area (Å²) in [4.78, 5) is 0. The van der Waals surface area contributed by atoms with Gasteiger partial charge >= 0.3 is 0 Å². The highest BCUT2D eigenvalue weighted by Gasteiger charge is 2.05. The van der Waals surface area contributed by atoms with Gasteiger partial charge in [-0.3, -0.25) is 0 Å². The van der Waals surface area contributed by atoms with Crippen LogP contribution in [0, 0.1) is 20.8 Å². The molecular formula is C15H16O. The minimum absolute atomic E-state index is 0.362. The normalized spacial score (nSPS) is 10.4. The molecule has 0 fully saturated rings. The van der Waals surface area contributed by atoms with Crippen molar-refractivity contribution in [3.05, 3.63) is 53.1 Å². The second-order valence-electron chi connectivity index (χ2n) is 4.32. The van der Waals surface area contributed by atoms with Crippen LogP contribution in [0.15, 0.2) is 36.4 Å². The molecule has 0 aliphatic heterocycles. The van der Waals surface area contributed by atoms with Crippen LogP contribution in [0.2, 0.25) is 0 Å². The Kier molecular flexibility index (Phi) is 2.69. The Morgan fingerprint density at radius 3 is 2.06 bits per heavy atom. The van der Waals surface area contributed by atoms with E-state index in [9.17, 15) is 5.11 Å². The van der Waals surface area contributed by atoms with Gasteiger partial charge in [0.15, 0.2) is 0 Å². The highest BCUT2D eigenvalue weighted by Crippen LogP contribution is 2.29. The number of hydrogen-bond donors (Lipinski definition) is 1. The van der Waals surface area contributed by atoms with Crippen molar-refractivity contribution in [2.75, 3.05) is 0 Å². The fourth-order valence-corrected chi connectivity index (χ4v) is 1.88. The van der Waals surface area contributed by atoms with Crippen LogP contribution in [-0.4, -0.2) is 5.11 Å². The maximum absolute atomic E-state index is 9.74. The molecule has 0 unspecified atom stereocenters. The molecule has 82 valence electrons. The zero-order chi connectivity index (χ0) is 11.7. The fraction of sp³-hybridized carbons (Fsp3) is 0.200. The van der Waals surface area contributed by atoms with Gasteiger partial charge in [0.1, 0.15) is 5.75 Å². The van der Waals surface area contributed by atoms with E-state index in [2.05, 4.69) is 38.1 Å². The van der Waals surface area contributed by atoms with Gasteiger partial charge in [0.05, 0.1) is 0 Å². The lowest BCUT2D eigenvalue weighted by Crippen LogP contribution is -1.86. The number of aromatic hydroxyl groups is 1. The van der Waals surface area contributed by atoms with E-state index in [1.165, 1.54) is 11.1 Å². The maximum Gasteiger partial charge on any atom is 0.119 e. The number of phenols is 1. The van der Waals surface area contributed by atoms with Crippen LogP contribution >= 0.6 is 0 Å². The molecule has 0 aliphatic rings. The Labute approximate surface area is 96.4 Å². The lowest BCUT2D eigenvalue weighted by Gasteiger charge is -2.09. The largest absolute Gasteiger partial charge is 0.508 e. The minimum Gasteiger partial charge on any atom is -0.508 e. The van der Waals surface area contributed by atoms with E-state index < -0.39 is 0 Å². The van der Waals surface area contributed by atoms with E-state index in [0.717, 1.165) is 16.7 Å². The van der Waals surface area contributed by atoms with Gasteiger partial charge in [-0.05, 0) is 49.1 Å². The molecule has 0 saturated heterocycles. The van der Waals surface area contributed by atoms with E-state index in [4.69, 9.17) is 0 Å². The van der Waals surface area contributed by atoms with Gasteiger partial charge in [0, 0.05) is 0 Å². The van der Waals surface area contributed by atoms with Crippen LogP contribution in [-0.2, 0) is 0 Å². The third-order valence-corrected chi connectivity index (χ3v) is 2.91. The Morgan fingerprint density at radius 2 is 1.44 bits per heavy atom. The number of phenolic OH excluding ortho intramolecular Hbond substituents is 1. The van der Waals surface area contributed by atoms with Crippen molar-refractivity contribution in [3.8, 4) is 16.9 Å². The molecule has 0 aromatic heterocycles. The SMILES string of the molecule is Cc1ccc(-c2cc(O)c(C)cc2C)cc1. The van der Waals surface area contributed by atoms with E-state index in [0.29, 0.717) is 5.75 Å². The second-order valence-corrected chi connectivity index (χ2v) is 4.32. The molecule has 0 amide bonds. The van der Waals surface area contributed by atoms with Crippen LogP contribution in [0.5, 0.6) is 5.75 Å². The summed E-state index contributed by atoms with van der Waals surface area (Å²) in [5.74, 6) is 0.362. The van der Waals surface area contributed by atoms with Crippen LogP contribution in [0.1, 0.15) is 16.7 Å². The molecule has 0 spiro atoms. The third-order valence-electron chi connectivity index (χ3n) is 2.91. The molecule has 0 aliphatic carbocycles. The van der Waals surface area contributed by atoms with Gasteiger partial charge in [0.2, 0.25) is 0 Å². The molecule has 1 N–H and O–H groups in total. The fourth-order valence-electron chi connectivity index (χ4n) is 1.88. The molecule has 0 radical (unpaired) electrons. The molecule has 0 atom stereocenters. The zero-order valence-corrected chi connectivity index (χ0v) is 9.91. The molecule has 2 rings (SSSR count). The first kappa shape index (κ1) is 10.7. The Morgan fingerprint density at radius 1 is 0.812 bits per heavy atom. The van der Waals surface area contributed by atoms with Crippen LogP contribution < -0.4 is 0 Å². The smallest absolute Gasteiger partial charge is 0.119 e. The summed E-state index contributed by atoms with van der Waals surface area (Å²) >= 11 is 0. The highest BCUT2D eigenvalue weighted by atomic mass is 16.3. The van der Waals surface area contributed by atoms with Crippen molar-refractivity contribution in [1.29, 1.82) is 0 Å². The summed E-state index contributed by atoms with van der Waals surface area (Å²) in [7, 11) is 0. The first-order valence-electron chi connectivity index (χ1n) is 5.45. The van der Waals surface area contributed by atoms with Crippen molar-refractivity contribution >= 4 is 0 Å². The predicted molar refractivity (Wildman–Crippen MR) is 67.8 cm³/mol. The van der Waals surface area contributed by atoms with Crippen molar-refractivity contribution in [2.24, 2.45) is 0 Å². The first-order chi connectivity index (χ1) is 7.58. The van der Waals surface area contributed by atoms with E-state index in [1.807, 2.05) is 19.1 Å². The second kappa shape index (κ2) is 4.01. The monoisotopic (exact) mass is 212 g/mol. The van der Waals surface area contributed by atoms with Crippen molar-refractivity contribution < 1.29 is 5.11 Å². The molecule has 1 nitrogen and oxygen atoms in total. The number of rotatable bonds is 1. The quantitative estimate of drug-likeness (QED) is 0.758. The summed E-state index contributed by atoms with van der Waals surface area (Å²) in [5, 5.41) is 9.74. The highest BCUT2D eigenvalue weighted by molar-refractivity contribution is 5.69. The standard InChI is InChI=1S/C15H16O/c1-10-4-6-13(7-5-10)14-9-15(16)12(3)8-11(14)2/h4-9,16H,1-3H3. The van der Waals surface area contributed by atoms with Gasteiger partial charge in [-0.15, -0.1) is 0 Å². The Bertz CT molecular complexity index is 510. The van der Waals surface area contributed by atoms with Gasteiger partial charge < -0.3 is 5.11 Å².